The normalized spacial score (nSPS) is 11.3. The first-order valence-electron chi connectivity index (χ1n) is 7.57. The number of rotatable bonds is 3. The van der Waals surface area contributed by atoms with E-state index in [-0.39, 0.29) is 0 Å². The van der Waals surface area contributed by atoms with Gasteiger partial charge in [0.2, 0.25) is 0 Å². The first-order chi connectivity index (χ1) is 11.7. The van der Waals surface area contributed by atoms with Crippen LogP contribution in [0.25, 0.3) is 0 Å². The van der Waals surface area contributed by atoms with Crippen molar-refractivity contribution < 1.29 is 22.8 Å². The first kappa shape index (κ1) is 18.5. The summed E-state index contributed by atoms with van der Waals surface area (Å²) in [6.07, 6.45) is -4.63. The third-order valence-electron chi connectivity index (χ3n) is 3.52. The Morgan fingerprint density at radius 3 is 2.00 bits per heavy atom. The maximum atomic E-state index is 12.9. The molecule has 25 heavy (non-hydrogen) atoms. The van der Waals surface area contributed by atoms with Gasteiger partial charge < -0.3 is 10.6 Å². The predicted octanol–water partition coefficient (Wildman–Crippen LogP) is 4.41. The van der Waals surface area contributed by atoms with Gasteiger partial charge in [0, 0.05) is 5.69 Å². The molecule has 2 aromatic rings. The Kier molecular flexibility index (Phi) is 5.46. The van der Waals surface area contributed by atoms with Crippen molar-refractivity contribution in [1.82, 2.24) is 0 Å². The van der Waals surface area contributed by atoms with Crippen molar-refractivity contribution in [1.29, 1.82) is 0 Å². The van der Waals surface area contributed by atoms with E-state index < -0.39 is 29.2 Å². The summed E-state index contributed by atoms with van der Waals surface area (Å²) in [5.74, 6) is -1.91. The average Bonchev–Trinajstić information content (AvgIpc) is 2.54. The number of nitrogens with one attached hydrogen (secondary N) is 2. The largest absolute Gasteiger partial charge is 0.418 e. The van der Waals surface area contributed by atoms with Crippen LogP contribution in [0.2, 0.25) is 0 Å². The van der Waals surface area contributed by atoms with Crippen LogP contribution in [-0.4, -0.2) is 11.8 Å². The average molecular weight is 350 g/mol. The van der Waals surface area contributed by atoms with Crippen LogP contribution in [0.1, 0.15) is 30.9 Å². The lowest BCUT2D eigenvalue weighted by Gasteiger charge is -2.13. The fourth-order valence-corrected chi connectivity index (χ4v) is 2.16. The summed E-state index contributed by atoms with van der Waals surface area (Å²) >= 11 is 0. The number of amides is 2. The Morgan fingerprint density at radius 2 is 1.44 bits per heavy atom. The van der Waals surface area contributed by atoms with Crippen LogP contribution in [-0.2, 0) is 15.8 Å². The first-order valence-corrected chi connectivity index (χ1v) is 7.57. The minimum absolute atomic E-state index is 0.312. The van der Waals surface area contributed by atoms with Gasteiger partial charge in [-0.25, -0.2) is 0 Å². The van der Waals surface area contributed by atoms with Crippen molar-refractivity contribution in [3.05, 3.63) is 59.7 Å². The Morgan fingerprint density at radius 1 is 0.880 bits per heavy atom. The Bertz CT molecular complexity index is 769. The molecule has 4 nitrogen and oxygen atoms in total. The second-order valence-corrected chi connectivity index (χ2v) is 5.73. The molecule has 2 aromatic carbocycles. The molecule has 2 N–H and O–H groups in total. The summed E-state index contributed by atoms with van der Waals surface area (Å²) in [7, 11) is 0. The van der Waals surface area contributed by atoms with E-state index in [0.29, 0.717) is 11.6 Å². The van der Waals surface area contributed by atoms with Gasteiger partial charge in [-0.05, 0) is 35.7 Å². The number of benzene rings is 2. The Labute approximate surface area is 143 Å². The van der Waals surface area contributed by atoms with Gasteiger partial charge in [-0.1, -0.05) is 38.1 Å². The SMILES string of the molecule is CC(C)c1ccc(NC(=O)C(=O)Nc2ccccc2C(F)(F)F)cc1. The summed E-state index contributed by atoms with van der Waals surface area (Å²) in [4.78, 5) is 23.8. The van der Waals surface area contributed by atoms with Crippen LogP contribution in [0, 0.1) is 0 Å². The topological polar surface area (TPSA) is 58.2 Å². The number of hydrogen-bond donors (Lipinski definition) is 2. The van der Waals surface area contributed by atoms with E-state index in [1.165, 1.54) is 12.1 Å². The number of halogens is 3. The van der Waals surface area contributed by atoms with Crippen molar-refractivity contribution in [2.45, 2.75) is 25.9 Å². The van der Waals surface area contributed by atoms with Crippen LogP contribution in [0.4, 0.5) is 24.5 Å². The Balaban J connectivity index is 2.07. The number of hydrogen-bond acceptors (Lipinski definition) is 2. The molecule has 0 bridgehead atoms. The lowest BCUT2D eigenvalue weighted by molar-refractivity contribution is -0.137. The zero-order valence-electron chi connectivity index (χ0n) is 13.6. The molecule has 132 valence electrons. The highest BCUT2D eigenvalue weighted by molar-refractivity contribution is 6.43. The molecular formula is C18H17F3N2O2. The molecule has 0 unspecified atom stereocenters. The van der Waals surface area contributed by atoms with Crippen molar-refractivity contribution >= 4 is 23.2 Å². The number of alkyl halides is 3. The molecule has 0 saturated heterocycles. The van der Waals surface area contributed by atoms with Crippen molar-refractivity contribution in [2.24, 2.45) is 0 Å². The highest BCUT2D eigenvalue weighted by Gasteiger charge is 2.34. The van der Waals surface area contributed by atoms with Gasteiger partial charge in [-0.3, -0.25) is 9.59 Å². The minimum atomic E-state index is -4.63. The van der Waals surface area contributed by atoms with Crippen molar-refractivity contribution in [3.8, 4) is 0 Å². The second kappa shape index (κ2) is 7.38. The van der Waals surface area contributed by atoms with Gasteiger partial charge in [-0.2, -0.15) is 13.2 Å². The van der Waals surface area contributed by atoms with Crippen molar-refractivity contribution in [2.75, 3.05) is 10.6 Å². The molecule has 0 atom stereocenters. The third-order valence-corrected chi connectivity index (χ3v) is 3.52. The van der Waals surface area contributed by atoms with Crippen LogP contribution in [0.3, 0.4) is 0 Å². The molecule has 0 aromatic heterocycles. The lowest BCUT2D eigenvalue weighted by atomic mass is 10.0. The molecular weight excluding hydrogens is 333 g/mol. The third kappa shape index (κ3) is 4.82. The number of carbonyl (C=O) groups is 2. The number of anilines is 2. The molecule has 0 aliphatic rings. The minimum Gasteiger partial charge on any atom is -0.318 e. The molecule has 0 fully saturated rings. The van der Waals surface area contributed by atoms with Crippen molar-refractivity contribution in [3.63, 3.8) is 0 Å². The summed E-state index contributed by atoms with van der Waals surface area (Å²) in [6, 6.07) is 11.3. The highest BCUT2D eigenvalue weighted by atomic mass is 19.4. The molecule has 7 heteroatoms. The standard InChI is InChI=1S/C18H17F3N2O2/c1-11(2)12-7-9-13(10-8-12)22-16(24)17(25)23-15-6-4-3-5-14(15)18(19,20)21/h3-11H,1-2H3,(H,22,24)(H,23,25). The maximum Gasteiger partial charge on any atom is 0.418 e. The molecule has 0 aliphatic carbocycles. The molecule has 2 amide bonds. The fraction of sp³-hybridized carbons (Fsp3) is 0.222. The van der Waals surface area contributed by atoms with Gasteiger partial charge in [0.25, 0.3) is 0 Å². The summed E-state index contributed by atoms with van der Waals surface area (Å²) in [5, 5.41) is 4.35. The predicted molar refractivity (Wildman–Crippen MR) is 89.2 cm³/mol. The Hall–Kier alpha value is -2.83. The maximum absolute atomic E-state index is 12.9. The van der Waals surface area contributed by atoms with Gasteiger partial charge in [0.1, 0.15) is 0 Å². The molecule has 2 rings (SSSR count). The zero-order valence-corrected chi connectivity index (χ0v) is 13.6. The van der Waals surface area contributed by atoms with E-state index in [9.17, 15) is 22.8 Å². The molecule has 0 heterocycles. The number of carbonyl (C=O) groups excluding carboxylic acids is 2. The van der Waals surface area contributed by atoms with Crippen LogP contribution >= 0.6 is 0 Å². The van der Waals surface area contributed by atoms with E-state index in [2.05, 4.69) is 5.32 Å². The van der Waals surface area contributed by atoms with Gasteiger partial charge in [0.15, 0.2) is 0 Å². The summed E-state index contributed by atoms with van der Waals surface area (Å²) < 4.78 is 38.7. The van der Waals surface area contributed by atoms with Gasteiger partial charge in [-0.15, -0.1) is 0 Å². The summed E-state index contributed by atoms with van der Waals surface area (Å²) in [6.45, 7) is 4.03. The van der Waals surface area contributed by atoms with E-state index in [1.54, 1.807) is 24.3 Å². The lowest BCUT2D eigenvalue weighted by Crippen LogP contribution is -2.30. The van der Waals surface area contributed by atoms with E-state index in [4.69, 9.17) is 0 Å². The quantitative estimate of drug-likeness (QED) is 0.806. The monoisotopic (exact) mass is 350 g/mol. The van der Waals surface area contributed by atoms with Gasteiger partial charge >= 0.3 is 18.0 Å². The van der Waals surface area contributed by atoms with Gasteiger partial charge in [0.05, 0.1) is 11.3 Å². The summed E-state index contributed by atoms with van der Waals surface area (Å²) in [5.41, 5.74) is -0.0436. The molecule has 0 aliphatic heterocycles. The fourth-order valence-electron chi connectivity index (χ4n) is 2.16. The molecule has 0 spiro atoms. The zero-order chi connectivity index (χ0) is 18.6. The molecule has 0 saturated carbocycles. The van der Waals surface area contributed by atoms with Crippen LogP contribution in [0.15, 0.2) is 48.5 Å². The van der Waals surface area contributed by atoms with E-state index in [1.807, 2.05) is 19.2 Å². The smallest absolute Gasteiger partial charge is 0.318 e. The van der Waals surface area contributed by atoms with Crippen LogP contribution < -0.4 is 10.6 Å². The molecule has 0 radical (unpaired) electrons. The number of para-hydroxylation sites is 1. The second-order valence-electron chi connectivity index (χ2n) is 5.73. The van der Waals surface area contributed by atoms with Crippen LogP contribution in [0.5, 0.6) is 0 Å². The highest BCUT2D eigenvalue weighted by Crippen LogP contribution is 2.34. The van der Waals surface area contributed by atoms with E-state index >= 15 is 0 Å². The van der Waals surface area contributed by atoms with E-state index in [0.717, 1.165) is 17.7 Å².